The zero-order valence-corrected chi connectivity index (χ0v) is 37.5. The Labute approximate surface area is 381 Å². The summed E-state index contributed by atoms with van der Waals surface area (Å²) in [6.45, 7) is 1.36. The molecule has 2 aromatic heterocycles. The number of aromatic amines is 2. The standard InChI is InChI=1S/C54H56N8O3/c1-59(2)48(40-18-10-6-11-19-40)53(64)61-32-14-22-45(61)51-55-34-43(57-51)36-24-28-39(29-25-36)47(38-16-8-5-9-17-38)50(63)42-30-26-37(27-31-42)44-35-56-52(58-44)46-23-15-33-62(46)54(65)49(60(3)4)41-20-12-7-13-21-41/h5-13,16-21,24-31,34-35,45-49H,14-15,22-23,32-33H2,1-4H3,(H,55,57)(H,56,58)/t45-,46-,47?,48+,49+/m0/s1. The van der Waals surface area contributed by atoms with Crippen LogP contribution in [0.1, 0.15) is 100 Å². The summed E-state index contributed by atoms with van der Waals surface area (Å²) >= 11 is 0. The summed E-state index contributed by atoms with van der Waals surface area (Å²) in [4.78, 5) is 67.1. The van der Waals surface area contributed by atoms with Crippen molar-refractivity contribution in [2.75, 3.05) is 41.3 Å². The molecule has 1 unspecified atom stereocenters. The fourth-order valence-electron chi connectivity index (χ4n) is 9.82. The van der Waals surface area contributed by atoms with E-state index in [2.05, 4.69) is 9.97 Å². The molecule has 2 amide bonds. The van der Waals surface area contributed by atoms with E-state index in [1.54, 1.807) is 0 Å². The average Bonchev–Trinajstić information content (AvgIpc) is 4.18. The van der Waals surface area contributed by atoms with Crippen LogP contribution in [0.4, 0.5) is 0 Å². The molecule has 2 saturated heterocycles. The van der Waals surface area contributed by atoms with Gasteiger partial charge in [0.15, 0.2) is 5.78 Å². The lowest BCUT2D eigenvalue weighted by atomic mass is 9.84. The lowest BCUT2D eigenvalue weighted by Gasteiger charge is -2.31. The third-order valence-corrected chi connectivity index (χ3v) is 13.1. The number of H-pyrrole nitrogens is 2. The first kappa shape index (κ1) is 43.3. The molecule has 9 rings (SSSR count). The molecule has 0 aliphatic carbocycles. The summed E-state index contributed by atoms with van der Waals surface area (Å²) in [6.07, 6.45) is 7.15. The number of nitrogens with zero attached hydrogens (tertiary/aromatic N) is 6. The van der Waals surface area contributed by atoms with E-state index >= 15 is 0 Å². The van der Waals surface area contributed by atoms with Crippen LogP contribution < -0.4 is 0 Å². The first-order valence-corrected chi connectivity index (χ1v) is 22.6. The van der Waals surface area contributed by atoms with E-state index in [0.29, 0.717) is 18.7 Å². The Bertz CT molecular complexity index is 2710. The lowest BCUT2D eigenvalue weighted by Crippen LogP contribution is -2.40. The maximum absolute atomic E-state index is 14.5. The topological polar surface area (TPSA) is 122 Å². The van der Waals surface area contributed by atoms with Crippen molar-refractivity contribution < 1.29 is 14.4 Å². The minimum Gasteiger partial charge on any atom is -0.340 e. The second-order valence-corrected chi connectivity index (χ2v) is 17.7. The van der Waals surface area contributed by atoms with Crippen LogP contribution in [-0.2, 0) is 9.59 Å². The quantitative estimate of drug-likeness (QED) is 0.105. The van der Waals surface area contributed by atoms with Crippen molar-refractivity contribution >= 4 is 17.6 Å². The van der Waals surface area contributed by atoms with Gasteiger partial charge in [-0.1, -0.05) is 140 Å². The molecule has 2 N–H and O–H groups in total. The van der Waals surface area contributed by atoms with E-state index in [1.807, 2.05) is 200 Å². The highest BCUT2D eigenvalue weighted by Gasteiger charge is 2.38. The van der Waals surface area contributed by atoms with Crippen LogP contribution in [0.2, 0.25) is 0 Å². The van der Waals surface area contributed by atoms with E-state index in [0.717, 1.165) is 82.1 Å². The molecule has 0 bridgehead atoms. The van der Waals surface area contributed by atoms with Crippen LogP contribution >= 0.6 is 0 Å². The summed E-state index contributed by atoms with van der Waals surface area (Å²) < 4.78 is 0. The van der Waals surface area contributed by atoms with Gasteiger partial charge in [0.25, 0.3) is 0 Å². The maximum atomic E-state index is 14.5. The number of ketones is 1. The molecule has 0 saturated carbocycles. The van der Waals surface area contributed by atoms with Gasteiger partial charge < -0.3 is 19.8 Å². The molecule has 11 heteroatoms. The number of Topliss-reactive ketones (excluding diaryl/α,β-unsaturated/α-hetero) is 1. The second-order valence-electron chi connectivity index (χ2n) is 17.7. The van der Waals surface area contributed by atoms with Gasteiger partial charge in [0.1, 0.15) is 23.7 Å². The van der Waals surface area contributed by atoms with E-state index in [1.165, 1.54) is 0 Å². The molecular formula is C54H56N8O3. The Balaban J connectivity index is 0.906. The monoisotopic (exact) mass is 864 g/mol. The van der Waals surface area contributed by atoms with Crippen LogP contribution in [0.15, 0.2) is 152 Å². The fourth-order valence-corrected chi connectivity index (χ4v) is 9.82. The summed E-state index contributed by atoms with van der Waals surface area (Å²) in [6, 6.07) is 44.5. The number of benzene rings is 5. The SMILES string of the molecule is CN(C)[C@@H](C(=O)N1CCC[C@H]1c1ncc(-c2ccc(C(=O)C(c3ccccc3)c3ccc(-c4cnc([C@@H]5CCCN5C(=O)[C@@H](c5ccccc5)N(C)C)[nH]4)cc3)cc2)[nH]1)c1ccccc1. The molecule has 0 radical (unpaired) electrons. The van der Waals surface area contributed by atoms with Gasteiger partial charge in [-0.3, -0.25) is 24.2 Å². The number of hydrogen-bond acceptors (Lipinski definition) is 7. The van der Waals surface area contributed by atoms with E-state index in [-0.39, 0.29) is 41.8 Å². The van der Waals surface area contributed by atoms with Crippen molar-refractivity contribution in [1.82, 2.24) is 39.5 Å². The number of carbonyl (C=O) groups is 3. The third-order valence-electron chi connectivity index (χ3n) is 13.1. The van der Waals surface area contributed by atoms with E-state index < -0.39 is 5.92 Å². The van der Waals surface area contributed by atoms with Gasteiger partial charge >= 0.3 is 0 Å². The number of aromatic nitrogens is 4. The van der Waals surface area contributed by atoms with Crippen LogP contribution in [0.3, 0.4) is 0 Å². The van der Waals surface area contributed by atoms with Gasteiger partial charge in [0.2, 0.25) is 11.8 Å². The molecule has 2 fully saturated rings. The molecule has 330 valence electrons. The first-order valence-electron chi connectivity index (χ1n) is 22.6. The van der Waals surface area contributed by atoms with Gasteiger partial charge in [0, 0.05) is 18.7 Å². The van der Waals surface area contributed by atoms with Crippen molar-refractivity contribution in [1.29, 1.82) is 0 Å². The predicted octanol–water partition coefficient (Wildman–Crippen LogP) is 9.41. The highest BCUT2D eigenvalue weighted by molar-refractivity contribution is 6.03. The van der Waals surface area contributed by atoms with Crippen molar-refractivity contribution in [2.45, 2.75) is 55.8 Å². The largest absolute Gasteiger partial charge is 0.340 e. The highest BCUT2D eigenvalue weighted by Crippen LogP contribution is 2.38. The Morgan fingerprint density at radius 3 is 1.32 bits per heavy atom. The Hall–Kier alpha value is -6.95. The average molecular weight is 865 g/mol. The number of likely N-dealkylation sites (N-methyl/N-ethyl adjacent to an activating group) is 2. The normalized spacial score (nSPS) is 17.7. The first-order chi connectivity index (χ1) is 31.7. The van der Waals surface area contributed by atoms with Crippen LogP contribution in [0.5, 0.6) is 0 Å². The maximum Gasteiger partial charge on any atom is 0.245 e. The minimum atomic E-state index is -0.521. The van der Waals surface area contributed by atoms with Crippen LogP contribution in [0, 0.1) is 0 Å². The molecule has 11 nitrogen and oxygen atoms in total. The van der Waals surface area contributed by atoms with Crippen LogP contribution in [-0.4, -0.2) is 98.4 Å². The lowest BCUT2D eigenvalue weighted by molar-refractivity contribution is -0.138. The Kier molecular flexibility index (Phi) is 12.7. The zero-order chi connectivity index (χ0) is 45.0. The number of amides is 2. The molecule has 4 heterocycles. The highest BCUT2D eigenvalue weighted by atomic mass is 16.2. The van der Waals surface area contributed by atoms with Crippen molar-refractivity contribution in [3.05, 3.63) is 191 Å². The van der Waals surface area contributed by atoms with Gasteiger partial charge in [-0.15, -0.1) is 0 Å². The number of likely N-dealkylation sites (tertiary alicyclic amines) is 2. The number of rotatable bonds is 14. The predicted molar refractivity (Wildman–Crippen MR) is 254 cm³/mol. The number of nitrogens with one attached hydrogen (secondary N) is 2. The summed E-state index contributed by atoms with van der Waals surface area (Å²) in [5.41, 5.74) is 7.88. The molecule has 7 aromatic rings. The fraction of sp³-hybridized carbons (Fsp3) is 0.278. The van der Waals surface area contributed by atoms with Crippen molar-refractivity contribution in [3.8, 4) is 22.5 Å². The van der Waals surface area contributed by atoms with Gasteiger partial charge in [0.05, 0.1) is 41.8 Å². The molecule has 2 aliphatic rings. The minimum absolute atomic E-state index is 0.00359. The smallest absolute Gasteiger partial charge is 0.245 e. The van der Waals surface area contributed by atoms with E-state index in [4.69, 9.17) is 9.97 Å². The number of carbonyl (C=O) groups excluding carboxylic acids is 3. The molecule has 2 aliphatic heterocycles. The van der Waals surface area contributed by atoms with Crippen molar-refractivity contribution in [2.24, 2.45) is 0 Å². The van der Waals surface area contributed by atoms with Gasteiger partial charge in [-0.25, -0.2) is 9.97 Å². The number of hydrogen-bond donors (Lipinski definition) is 2. The summed E-state index contributed by atoms with van der Waals surface area (Å²) in [7, 11) is 7.78. The molecule has 5 aromatic carbocycles. The van der Waals surface area contributed by atoms with E-state index in [9.17, 15) is 14.4 Å². The van der Waals surface area contributed by atoms with Gasteiger partial charge in [-0.2, -0.15) is 0 Å². The van der Waals surface area contributed by atoms with Gasteiger partial charge in [-0.05, 0) is 87.3 Å². The molecule has 65 heavy (non-hydrogen) atoms. The summed E-state index contributed by atoms with van der Waals surface area (Å²) in [5, 5.41) is 0. The van der Waals surface area contributed by atoms with Crippen LogP contribution in [0.25, 0.3) is 22.5 Å². The molecular weight excluding hydrogens is 809 g/mol. The number of imidazole rings is 2. The molecule has 5 atom stereocenters. The molecule has 0 spiro atoms. The third kappa shape index (κ3) is 8.94. The Morgan fingerprint density at radius 1 is 0.523 bits per heavy atom. The van der Waals surface area contributed by atoms with Crippen molar-refractivity contribution in [3.63, 3.8) is 0 Å². The zero-order valence-electron chi connectivity index (χ0n) is 37.5. The second kappa shape index (κ2) is 19.0. The summed E-state index contributed by atoms with van der Waals surface area (Å²) in [5.74, 6) is 1.17. The Morgan fingerprint density at radius 2 is 0.908 bits per heavy atom.